The number of hydrogen-bond donors (Lipinski definition) is 1. The van der Waals surface area contributed by atoms with Gasteiger partial charge in [-0.15, -0.1) is 0 Å². The topological polar surface area (TPSA) is 69.2 Å². The van der Waals surface area contributed by atoms with Crippen LogP contribution in [0.1, 0.15) is 35.3 Å². The van der Waals surface area contributed by atoms with Gasteiger partial charge in [0, 0.05) is 17.5 Å². The molecule has 2 aromatic heterocycles. The van der Waals surface area contributed by atoms with Gasteiger partial charge in [-0.2, -0.15) is 0 Å². The zero-order valence-electron chi connectivity index (χ0n) is 17.2. The molecule has 2 heterocycles. The van der Waals surface area contributed by atoms with Crippen LogP contribution in [-0.4, -0.2) is 29.2 Å². The minimum atomic E-state index is 0.0180. The van der Waals surface area contributed by atoms with E-state index >= 15 is 0 Å². The Hall–Kier alpha value is -3.15. The van der Waals surface area contributed by atoms with Gasteiger partial charge in [0.1, 0.15) is 11.5 Å². The summed E-state index contributed by atoms with van der Waals surface area (Å²) in [7, 11) is 3.29. The number of rotatable bonds is 6. The van der Waals surface area contributed by atoms with Crippen LogP contribution in [0.3, 0.4) is 0 Å². The van der Waals surface area contributed by atoms with E-state index in [-0.39, 0.29) is 6.04 Å². The van der Waals surface area contributed by atoms with Crippen molar-refractivity contribution in [3.8, 4) is 23.0 Å². The molecule has 3 rings (SSSR count). The van der Waals surface area contributed by atoms with Gasteiger partial charge < -0.3 is 14.8 Å². The largest absolute Gasteiger partial charge is 0.493 e. The summed E-state index contributed by atoms with van der Waals surface area (Å²) in [6.45, 7) is 8.17. The number of nitrogens with one attached hydrogen (secondary N) is 1. The van der Waals surface area contributed by atoms with E-state index in [0.717, 1.165) is 39.6 Å². The van der Waals surface area contributed by atoms with Gasteiger partial charge >= 0.3 is 0 Å². The van der Waals surface area contributed by atoms with Crippen LogP contribution in [0.2, 0.25) is 0 Å². The van der Waals surface area contributed by atoms with Gasteiger partial charge in [-0.3, -0.25) is 4.98 Å². The summed E-state index contributed by atoms with van der Waals surface area (Å²) in [5.41, 5.74) is 4.93. The van der Waals surface area contributed by atoms with Crippen LogP contribution < -0.4 is 14.8 Å². The van der Waals surface area contributed by atoms with Crippen LogP contribution in [0.25, 0.3) is 11.5 Å². The Morgan fingerprint density at radius 3 is 2.32 bits per heavy atom. The van der Waals surface area contributed by atoms with Crippen LogP contribution in [-0.2, 0) is 0 Å². The standard InChI is InChI=1S/C22H26N4O2/c1-13-11-19(27-5)20(28-6)12-17(13)16(4)25-21-14(2)15(3)24-22(26-21)18-9-7-8-10-23-18/h7-12,16H,1-6H3,(H,24,25,26). The van der Waals surface area contributed by atoms with Gasteiger partial charge in [0.15, 0.2) is 17.3 Å². The normalized spacial score (nSPS) is 11.8. The lowest BCUT2D eigenvalue weighted by Gasteiger charge is -2.21. The maximum Gasteiger partial charge on any atom is 0.180 e. The highest BCUT2D eigenvalue weighted by Gasteiger charge is 2.17. The van der Waals surface area contributed by atoms with E-state index in [9.17, 15) is 0 Å². The fraction of sp³-hybridized carbons (Fsp3) is 0.318. The fourth-order valence-electron chi connectivity index (χ4n) is 3.12. The number of methoxy groups -OCH3 is 2. The highest BCUT2D eigenvalue weighted by Crippen LogP contribution is 2.34. The molecule has 146 valence electrons. The third-order valence-corrected chi connectivity index (χ3v) is 4.88. The molecule has 1 N–H and O–H groups in total. The van der Waals surface area contributed by atoms with Crippen molar-refractivity contribution in [3.63, 3.8) is 0 Å². The molecule has 28 heavy (non-hydrogen) atoms. The molecule has 1 atom stereocenters. The predicted molar refractivity (Wildman–Crippen MR) is 111 cm³/mol. The third kappa shape index (κ3) is 3.91. The van der Waals surface area contributed by atoms with E-state index in [1.165, 1.54) is 0 Å². The van der Waals surface area contributed by atoms with Gasteiger partial charge in [-0.1, -0.05) is 6.07 Å². The SMILES string of the molecule is COc1cc(C)c(C(C)Nc2nc(-c3ccccn3)nc(C)c2C)cc1OC. The molecule has 6 nitrogen and oxygen atoms in total. The molecule has 0 radical (unpaired) electrons. The average molecular weight is 378 g/mol. The second-order valence-electron chi connectivity index (χ2n) is 6.75. The van der Waals surface area contributed by atoms with Gasteiger partial charge in [-0.05, 0) is 63.1 Å². The number of ether oxygens (including phenoxy) is 2. The molecule has 0 aliphatic rings. The van der Waals surface area contributed by atoms with E-state index in [4.69, 9.17) is 14.5 Å². The maximum absolute atomic E-state index is 5.47. The van der Waals surface area contributed by atoms with Crippen LogP contribution in [0.15, 0.2) is 36.5 Å². The Kier molecular flexibility index (Phi) is 5.78. The Morgan fingerprint density at radius 1 is 0.964 bits per heavy atom. The molecule has 0 saturated carbocycles. The van der Waals surface area contributed by atoms with E-state index in [1.54, 1.807) is 20.4 Å². The van der Waals surface area contributed by atoms with Crippen LogP contribution in [0.4, 0.5) is 5.82 Å². The van der Waals surface area contributed by atoms with Crippen LogP contribution in [0.5, 0.6) is 11.5 Å². The molecule has 0 aliphatic carbocycles. The van der Waals surface area contributed by atoms with Gasteiger partial charge in [0.25, 0.3) is 0 Å². The number of pyridine rings is 1. The lowest BCUT2D eigenvalue weighted by Crippen LogP contribution is -2.13. The van der Waals surface area contributed by atoms with Crippen molar-refractivity contribution in [1.82, 2.24) is 15.0 Å². The first-order valence-electron chi connectivity index (χ1n) is 9.20. The zero-order chi connectivity index (χ0) is 20.3. The molecular formula is C22H26N4O2. The summed E-state index contributed by atoms with van der Waals surface area (Å²) < 4.78 is 10.9. The number of hydrogen-bond acceptors (Lipinski definition) is 6. The quantitative estimate of drug-likeness (QED) is 0.673. The van der Waals surface area contributed by atoms with Crippen molar-refractivity contribution < 1.29 is 9.47 Å². The smallest absolute Gasteiger partial charge is 0.180 e. The molecule has 0 saturated heterocycles. The number of aryl methyl sites for hydroxylation is 2. The van der Waals surface area contributed by atoms with Crippen LogP contribution >= 0.6 is 0 Å². The first-order chi connectivity index (χ1) is 13.4. The Labute approximate surface area is 166 Å². The summed E-state index contributed by atoms with van der Waals surface area (Å²) in [6, 6.07) is 9.74. The minimum Gasteiger partial charge on any atom is -0.493 e. The highest BCUT2D eigenvalue weighted by molar-refractivity contribution is 5.57. The second kappa shape index (κ2) is 8.25. The zero-order valence-corrected chi connectivity index (χ0v) is 17.2. The van der Waals surface area contributed by atoms with Gasteiger partial charge in [0.2, 0.25) is 0 Å². The van der Waals surface area contributed by atoms with Crippen molar-refractivity contribution >= 4 is 5.82 Å². The monoisotopic (exact) mass is 378 g/mol. The third-order valence-electron chi connectivity index (χ3n) is 4.88. The van der Waals surface area contributed by atoms with E-state index in [0.29, 0.717) is 11.6 Å². The summed E-state index contributed by atoms with van der Waals surface area (Å²) in [5.74, 6) is 2.85. The Balaban J connectivity index is 1.96. The van der Waals surface area contributed by atoms with Crippen molar-refractivity contribution in [3.05, 3.63) is 58.9 Å². The molecule has 3 aromatic rings. The van der Waals surface area contributed by atoms with Crippen molar-refractivity contribution in [2.45, 2.75) is 33.7 Å². The molecule has 0 amide bonds. The first kappa shape index (κ1) is 19.6. The van der Waals surface area contributed by atoms with E-state index in [2.05, 4.69) is 29.1 Å². The molecule has 1 aromatic carbocycles. The minimum absolute atomic E-state index is 0.0180. The molecular weight excluding hydrogens is 352 g/mol. The fourth-order valence-corrected chi connectivity index (χ4v) is 3.12. The molecule has 0 spiro atoms. The summed E-state index contributed by atoms with van der Waals surface area (Å²) in [5, 5.41) is 3.53. The van der Waals surface area contributed by atoms with Crippen LogP contribution in [0, 0.1) is 20.8 Å². The Morgan fingerprint density at radius 2 is 1.68 bits per heavy atom. The highest BCUT2D eigenvalue weighted by atomic mass is 16.5. The van der Waals surface area contributed by atoms with E-state index in [1.807, 2.05) is 44.2 Å². The van der Waals surface area contributed by atoms with Gasteiger partial charge in [-0.25, -0.2) is 9.97 Å². The van der Waals surface area contributed by atoms with Crippen molar-refractivity contribution in [1.29, 1.82) is 0 Å². The number of anilines is 1. The first-order valence-corrected chi connectivity index (χ1v) is 9.20. The Bertz CT molecular complexity index is 974. The van der Waals surface area contributed by atoms with Crippen molar-refractivity contribution in [2.24, 2.45) is 0 Å². The molecule has 1 unspecified atom stereocenters. The number of aromatic nitrogens is 3. The number of nitrogens with zero attached hydrogens (tertiary/aromatic N) is 3. The maximum atomic E-state index is 5.47. The van der Waals surface area contributed by atoms with Crippen molar-refractivity contribution in [2.75, 3.05) is 19.5 Å². The summed E-state index contributed by atoms with van der Waals surface area (Å²) in [4.78, 5) is 13.7. The predicted octanol–water partition coefficient (Wildman–Crippen LogP) is 4.65. The lowest BCUT2D eigenvalue weighted by molar-refractivity contribution is 0.354. The van der Waals surface area contributed by atoms with Gasteiger partial charge in [0.05, 0.1) is 20.3 Å². The molecule has 0 bridgehead atoms. The molecule has 0 aliphatic heterocycles. The lowest BCUT2D eigenvalue weighted by atomic mass is 10.0. The molecule has 6 heteroatoms. The second-order valence-corrected chi connectivity index (χ2v) is 6.75. The van der Waals surface area contributed by atoms with E-state index < -0.39 is 0 Å². The molecule has 0 fully saturated rings. The number of benzene rings is 1. The summed E-state index contributed by atoms with van der Waals surface area (Å²) >= 11 is 0. The average Bonchev–Trinajstić information content (AvgIpc) is 2.71. The summed E-state index contributed by atoms with van der Waals surface area (Å²) in [6.07, 6.45) is 1.75.